The van der Waals surface area contributed by atoms with E-state index in [0.717, 1.165) is 50.5 Å². The summed E-state index contributed by atoms with van der Waals surface area (Å²) in [6, 6.07) is -0.387. The summed E-state index contributed by atoms with van der Waals surface area (Å²) in [6.45, 7) is -0.918. The van der Waals surface area contributed by atoms with Gasteiger partial charge in [-0.05, 0) is 58.4 Å². The van der Waals surface area contributed by atoms with Crippen molar-refractivity contribution in [1.82, 2.24) is 10.6 Å². The number of ether oxygens (including phenoxy) is 5. The van der Waals surface area contributed by atoms with Gasteiger partial charge in [-0.3, -0.25) is 15.2 Å². The highest BCUT2D eigenvalue weighted by atomic mass is 33.1. The number of quaternary nitrogens is 1. The van der Waals surface area contributed by atoms with Crippen molar-refractivity contribution in [3.8, 4) is 0 Å². The van der Waals surface area contributed by atoms with Crippen molar-refractivity contribution in [3.05, 3.63) is 58.7 Å². The second-order valence-corrected chi connectivity index (χ2v) is 19.2. The minimum absolute atomic E-state index is 0.0693. The highest BCUT2D eigenvalue weighted by molar-refractivity contribution is 8.76. The van der Waals surface area contributed by atoms with Crippen LogP contribution in [0.4, 0.5) is 0 Å². The number of hydrogen-bond acceptors (Lipinski definition) is 17. The number of carboxylic acid groups (broad SMARTS) is 1. The number of esters is 1. The number of rotatable bonds is 13. The summed E-state index contributed by atoms with van der Waals surface area (Å²) in [5.74, 6) is -5.21. The highest BCUT2D eigenvalue weighted by Crippen LogP contribution is 2.42. The maximum absolute atomic E-state index is 14.5. The number of aliphatic hydroxyl groups is 6. The maximum Gasteiger partial charge on any atom is 0.343 e. The van der Waals surface area contributed by atoms with E-state index in [2.05, 4.69) is 15.6 Å². The van der Waals surface area contributed by atoms with E-state index < -0.39 is 67.1 Å². The molecule has 1 unspecified atom stereocenters. The smallest absolute Gasteiger partial charge is 0.343 e. The predicted octanol–water partition coefficient (Wildman–Crippen LogP) is -0.881. The Morgan fingerprint density at radius 1 is 1.10 bits per heavy atom. The van der Waals surface area contributed by atoms with Crippen molar-refractivity contribution in [3.63, 3.8) is 0 Å². The van der Waals surface area contributed by atoms with Crippen LogP contribution in [0.3, 0.4) is 0 Å². The van der Waals surface area contributed by atoms with Gasteiger partial charge in [0, 0.05) is 36.3 Å². The van der Waals surface area contributed by atoms with Crippen molar-refractivity contribution < 1.29 is 73.9 Å². The summed E-state index contributed by atoms with van der Waals surface area (Å²) in [6.07, 6.45) is 7.18. The van der Waals surface area contributed by atoms with Crippen molar-refractivity contribution in [1.29, 1.82) is 0 Å². The number of aliphatic carboxylic acids is 1. The molecule has 0 aromatic rings. The van der Waals surface area contributed by atoms with Crippen molar-refractivity contribution in [2.24, 2.45) is 28.5 Å². The highest BCUT2D eigenvalue weighted by Gasteiger charge is 2.57. The lowest BCUT2D eigenvalue weighted by atomic mass is 9.80. The van der Waals surface area contributed by atoms with E-state index in [9.17, 15) is 45.3 Å². The van der Waals surface area contributed by atoms with Crippen molar-refractivity contribution in [2.45, 2.75) is 107 Å². The molecule has 0 radical (unpaired) electrons. The number of nitrogens with two attached hydrogens (primary N) is 1. The average molecular weight is 927 g/mol. The number of hydrogen-bond donors (Lipinski definition) is 11. The molecule has 352 valence electrons. The molecule has 12 N–H and O–H groups in total. The second kappa shape index (κ2) is 23.4. The summed E-state index contributed by atoms with van der Waals surface area (Å²) in [4.78, 5) is 32.5. The van der Waals surface area contributed by atoms with Crippen LogP contribution in [0.5, 0.6) is 0 Å². The van der Waals surface area contributed by atoms with Crippen LogP contribution >= 0.6 is 21.6 Å². The molecule has 0 spiro atoms. The lowest BCUT2D eigenvalue weighted by Gasteiger charge is -2.47. The van der Waals surface area contributed by atoms with E-state index in [0.29, 0.717) is 34.8 Å². The standard InChI is InChI=1S/C42H63N5O14S2/c1-44-23-58-36-40(60-33(19-50)35(51)42(36,55)56)61-39-29(15-24-7-3-2-4-8-24)28-12-11-25-16-47(17-30(37(52)53)34(25)46-41(43)45-13-6-14-48)27(18-49)22-63-62-21-26-9-5-10-32(26)59-38(54)31(28)20-57-39/h11-12,15,17,20,26-29,32-33,35-36,39-40,44,48-51,55-56H,2-10,13-14,16,18-19,21-23H2,1H3,(H,52,53)(H3,43,45,46)/p+1/b12-11+/t26-,27+,28-,29+,32-,33+,35+,36-,39-,40-/m0/s1. The van der Waals surface area contributed by atoms with Gasteiger partial charge in [0.05, 0.1) is 49.1 Å². The van der Waals surface area contributed by atoms with Crippen LogP contribution in [0.15, 0.2) is 63.7 Å². The van der Waals surface area contributed by atoms with Gasteiger partial charge in [-0.2, -0.15) is 0 Å². The Bertz CT molecular complexity index is 1770. The fourth-order valence-corrected chi connectivity index (χ4v) is 11.7. The number of carboxylic acids is 1. The molecule has 11 atom stereocenters. The first-order chi connectivity index (χ1) is 30.4. The molecule has 0 aromatic carbocycles. The molecule has 6 aliphatic rings. The zero-order valence-electron chi connectivity index (χ0n) is 35.5. The summed E-state index contributed by atoms with van der Waals surface area (Å²) in [7, 11) is 4.78. The average Bonchev–Trinajstić information content (AvgIpc) is 3.71. The molecule has 0 amide bonds. The topological polar surface area (TPSA) is 289 Å². The zero-order chi connectivity index (χ0) is 45.1. The molecular formula is C42H64N5O14S2+. The number of carbonyl (C=O) groups excluding carboxylic acids is 1. The van der Waals surface area contributed by atoms with Gasteiger partial charge in [0.15, 0.2) is 18.4 Å². The third kappa shape index (κ3) is 12.3. The van der Waals surface area contributed by atoms with E-state index in [1.807, 2.05) is 6.08 Å². The number of allylic oxidation sites excluding steroid dienone is 2. The third-order valence-corrected chi connectivity index (χ3v) is 14.9. The van der Waals surface area contributed by atoms with Gasteiger partial charge in [-0.15, -0.1) is 0 Å². The number of nitrogens with one attached hydrogen (secondary N) is 3. The summed E-state index contributed by atoms with van der Waals surface area (Å²) < 4.78 is 30.7. The fraction of sp³-hybridized carbons (Fsp3) is 0.690. The SMILES string of the molecule is CNCO[C@H]1[C@H](O[C@@H]2OC=C3C(=O)O[C@H]4CCC[C@H]4CSSC[C@@H](CO)[NH+]4C=C(C(=O)O)C(NC(N)=NCCCO)=C(/C=C/[C@H]3[C@H]2C=C2CCCCC2)C4)O[C@H](CO)[C@@H](O)C1(O)O. The summed E-state index contributed by atoms with van der Waals surface area (Å²) >= 11 is 0. The summed E-state index contributed by atoms with van der Waals surface area (Å²) in [5, 5.41) is 79.6. The van der Waals surface area contributed by atoms with Crippen LogP contribution in [0.2, 0.25) is 0 Å². The van der Waals surface area contributed by atoms with Crippen LogP contribution < -0.4 is 21.3 Å². The van der Waals surface area contributed by atoms with Gasteiger partial charge in [-0.25, -0.2) is 9.59 Å². The number of carbonyl (C=O) groups is 2. The van der Waals surface area contributed by atoms with E-state index in [1.165, 1.54) is 6.26 Å². The lowest BCUT2D eigenvalue weighted by Crippen LogP contribution is -3.13. The summed E-state index contributed by atoms with van der Waals surface area (Å²) in [5.41, 5.74) is 8.07. The molecule has 4 heterocycles. The Morgan fingerprint density at radius 3 is 2.59 bits per heavy atom. The van der Waals surface area contributed by atoms with E-state index in [4.69, 9.17) is 29.4 Å². The van der Waals surface area contributed by atoms with Gasteiger partial charge in [0.25, 0.3) is 0 Å². The molecule has 2 saturated carbocycles. The number of aliphatic imine (C=N–C) groups is 1. The van der Waals surface area contributed by atoms with Gasteiger partial charge >= 0.3 is 11.9 Å². The largest absolute Gasteiger partial charge is 0.477 e. The molecule has 2 aliphatic carbocycles. The molecule has 1 saturated heterocycles. The Balaban J connectivity index is 1.49. The van der Waals surface area contributed by atoms with Gasteiger partial charge in [-0.1, -0.05) is 51.8 Å². The molecule has 4 aliphatic heterocycles. The van der Waals surface area contributed by atoms with Crippen molar-refractivity contribution >= 4 is 39.5 Å². The predicted molar refractivity (Wildman–Crippen MR) is 232 cm³/mol. The minimum Gasteiger partial charge on any atom is -0.477 e. The number of aliphatic hydroxyl groups excluding tert-OH is 4. The Labute approximate surface area is 374 Å². The van der Waals surface area contributed by atoms with Crippen molar-refractivity contribution in [2.75, 3.05) is 58.2 Å². The van der Waals surface area contributed by atoms with Crippen LogP contribution in [0.1, 0.15) is 57.8 Å². The molecule has 3 fully saturated rings. The second-order valence-electron chi connectivity index (χ2n) is 16.7. The van der Waals surface area contributed by atoms with Crippen LogP contribution in [0, 0.1) is 17.8 Å². The van der Waals surface area contributed by atoms with E-state index >= 15 is 0 Å². The van der Waals surface area contributed by atoms with E-state index in [1.54, 1.807) is 47.0 Å². The molecular weight excluding hydrogens is 863 g/mol. The molecule has 21 heteroatoms. The molecule has 0 aromatic heterocycles. The Kier molecular flexibility index (Phi) is 18.4. The van der Waals surface area contributed by atoms with E-state index in [-0.39, 0.29) is 73.9 Å². The minimum atomic E-state index is -2.93. The molecule has 63 heavy (non-hydrogen) atoms. The first-order valence-corrected chi connectivity index (χ1v) is 24.2. The van der Waals surface area contributed by atoms with Crippen LogP contribution in [-0.4, -0.2) is 161 Å². The Hall–Kier alpha value is -3.03. The monoisotopic (exact) mass is 926 g/mol. The van der Waals surface area contributed by atoms with Gasteiger partial charge in [0.1, 0.15) is 42.7 Å². The quantitative estimate of drug-likeness (QED) is 0.0203. The van der Waals surface area contributed by atoms with Gasteiger partial charge in [0.2, 0.25) is 12.1 Å². The first-order valence-electron chi connectivity index (χ1n) is 21.7. The van der Waals surface area contributed by atoms with Gasteiger partial charge < -0.3 is 70.5 Å². The number of fused-ring (bicyclic) bond motifs is 4. The lowest BCUT2D eigenvalue weighted by molar-refractivity contribution is -0.867. The zero-order valence-corrected chi connectivity index (χ0v) is 37.1. The maximum atomic E-state index is 14.5. The Morgan fingerprint density at radius 2 is 1.87 bits per heavy atom. The normalized spacial score (nSPS) is 34.7. The number of nitrogens with zero attached hydrogens (tertiary/aromatic N) is 1. The fourth-order valence-electron chi connectivity index (χ4n) is 8.83. The third-order valence-electron chi connectivity index (χ3n) is 12.3. The molecule has 2 bridgehead atoms. The van der Waals surface area contributed by atoms with Crippen LogP contribution in [0.25, 0.3) is 0 Å². The number of guanidine groups is 1. The molecule has 6 rings (SSSR count). The van der Waals surface area contributed by atoms with Crippen LogP contribution in [-0.2, 0) is 33.3 Å². The first kappa shape index (κ1) is 49.4. The molecule has 19 nitrogen and oxygen atoms in total.